The van der Waals surface area contributed by atoms with E-state index in [9.17, 15) is 0 Å². The summed E-state index contributed by atoms with van der Waals surface area (Å²) in [6.07, 6.45) is 1.63. The summed E-state index contributed by atoms with van der Waals surface area (Å²) in [5.41, 5.74) is 7.31. The van der Waals surface area contributed by atoms with Crippen LogP contribution in [-0.4, -0.2) is 70.8 Å². The number of H-pyrrole nitrogens is 1. The third-order valence-electron chi connectivity index (χ3n) is 4.21. The molecule has 8 nitrogen and oxygen atoms in total. The van der Waals surface area contributed by atoms with Crippen LogP contribution in [0, 0.1) is 5.92 Å². The number of nitrogen functional groups attached to an aromatic ring is 1. The Morgan fingerprint density at radius 1 is 1.29 bits per heavy atom. The number of ether oxygens (including phenoxy) is 1. The lowest BCUT2D eigenvalue weighted by Gasteiger charge is -2.30. The molecule has 2 aromatic heterocycles. The van der Waals surface area contributed by atoms with Gasteiger partial charge in [-0.3, -0.25) is 0 Å². The average Bonchev–Trinajstić information content (AvgIpc) is 2.72. The van der Waals surface area contributed by atoms with Crippen molar-refractivity contribution >= 4 is 22.9 Å². The molecule has 2 aliphatic heterocycles. The fourth-order valence-electron chi connectivity index (χ4n) is 3.38. The molecule has 0 spiro atoms. The van der Waals surface area contributed by atoms with Gasteiger partial charge in [-0.05, 0) is 7.05 Å². The van der Waals surface area contributed by atoms with Gasteiger partial charge in [0.15, 0.2) is 11.5 Å². The Balaban J connectivity index is 1.81. The Morgan fingerprint density at radius 3 is 3.10 bits per heavy atom. The maximum absolute atomic E-state index is 5.85. The Kier molecular flexibility index (Phi) is 2.93. The molecule has 2 fully saturated rings. The Morgan fingerprint density at radius 2 is 2.19 bits per heavy atom. The number of likely N-dealkylation sites (N-methyl/N-ethyl adjacent to an activating group) is 1. The summed E-state index contributed by atoms with van der Waals surface area (Å²) in [4.78, 5) is 20.7. The third-order valence-corrected chi connectivity index (χ3v) is 4.21. The number of nitrogens with zero attached hydrogens (tertiary/aromatic N) is 5. The van der Waals surface area contributed by atoms with Crippen LogP contribution in [0.4, 0.5) is 11.8 Å². The van der Waals surface area contributed by atoms with Crippen LogP contribution in [0.1, 0.15) is 0 Å². The summed E-state index contributed by atoms with van der Waals surface area (Å²) in [5, 5.41) is 0. The van der Waals surface area contributed by atoms with Gasteiger partial charge in [-0.2, -0.15) is 9.97 Å². The first-order chi connectivity index (χ1) is 10.2. The van der Waals surface area contributed by atoms with Gasteiger partial charge in [-0.1, -0.05) is 0 Å². The van der Waals surface area contributed by atoms with Crippen LogP contribution in [0.15, 0.2) is 6.33 Å². The van der Waals surface area contributed by atoms with Crippen LogP contribution in [-0.2, 0) is 4.74 Å². The molecule has 3 N–H and O–H groups in total. The number of aromatic nitrogens is 4. The van der Waals surface area contributed by atoms with Gasteiger partial charge in [0, 0.05) is 25.6 Å². The van der Waals surface area contributed by atoms with Crippen molar-refractivity contribution < 1.29 is 4.74 Å². The second kappa shape index (κ2) is 4.81. The number of hydrogen-bond donors (Lipinski definition) is 2. The lowest BCUT2D eigenvalue weighted by molar-refractivity contribution is 0.0725. The van der Waals surface area contributed by atoms with E-state index >= 15 is 0 Å². The quantitative estimate of drug-likeness (QED) is 0.744. The summed E-state index contributed by atoms with van der Waals surface area (Å²) < 4.78 is 5.82. The van der Waals surface area contributed by atoms with E-state index in [1.807, 2.05) is 0 Å². The molecule has 2 bridgehead atoms. The van der Waals surface area contributed by atoms with Crippen LogP contribution >= 0.6 is 0 Å². The molecule has 0 radical (unpaired) electrons. The topological polar surface area (TPSA) is 96.2 Å². The Hall–Kier alpha value is -1.93. The normalized spacial score (nSPS) is 27.0. The molecule has 112 valence electrons. The number of rotatable bonds is 1. The molecular formula is C13H19N7O. The SMILES string of the molecule is CN1C[C@@H]2COC[C@H](C1)N(c1nc(N)nc3nc[nH]c13)C2. The Bertz CT molecular complexity index is 657. The lowest BCUT2D eigenvalue weighted by atomic mass is 10.1. The summed E-state index contributed by atoms with van der Waals surface area (Å²) in [7, 11) is 2.16. The number of nitrogens with two attached hydrogens (primary N) is 1. The van der Waals surface area contributed by atoms with Gasteiger partial charge < -0.3 is 25.3 Å². The molecule has 0 saturated carbocycles. The molecule has 2 aliphatic rings. The molecule has 4 rings (SSSR count). The summed E-state index contributed by atoms with van der Waals surface area (Å²) >= 11 is 0. The number of anilines is 2. The van der Waals surface area contributed by atoms with Crippen molar-refractivity contribution in [3.8, 4) is 0 Å². The molecule has 0 unspecified atom stereocenters. The number of aromatic amines is 1. The van der Waals surface area contributed by atoms with E-state index in [0.717, 1.165) is 37.6 Å². The zero-order chi connectivity index (χ0) is 14.4. The molecule has 0 amide bonds. The fraction of sp³-hybridized carbons (Fsp3) is 0.615. The highest BCUT2D eigenvalue weighted by molar-refractivity contribution is 5.84. The molecule has 8 heteroatoms. The van der Waals surface area contributed by atoms with Crippen LogP contribution in [0.2, 0.25) is 0 Å². The van der Waals surface area contributed by atoms with Crippen molar-refractivity contribution in [3.05, 3.63) is 6.33 Å². The van der Waals surface area contributed by atoms with Gasteiger partial charge in [0.2, 0.25) is 5.95 Å². The summed E-state index contributed by atoms with van der Waals surface area (Å²) in [6.45, 7) is 4.42. The van der Waals surface area contributed by atoms with Crippen LogP contribution < -0.4 is 10.6 Å². The highest BCUT2D eigenvalue weighted by Gasteiger charge is 2.34. The van der Waals surface area contributed by atoms with Gasteiger partial charge in [-0.25, -0.2) is 4.98 Å². The van der Waals surface area contributed by atoms with Crippen molar-refractivity contribution in [3.63, 3.8) is 0 Å². The fourth-order valence-corrected chi connectivity index (χ4v) is 3.38. The molecule has 2 aromatic rings. The first-order valence-corrected chi connectivity index (χ1v) is 7.20. The first kappa shape index (κ1) is 12.8. The maximum atomic E-state index is 5.85. The zero-order valence-electron chi connectivity index (χ0n) is 12.0. The van der Waals surface area contributed by atoms with E-state index in [1.54, 1.807) is 6.33 Å². The molecule has 21 heavy (non-hydrogen) atoms. The average molecular weight is 289 g/mol. The number of fused-ring (bicyclic) bond motifs is 4. The van der Waals surface area contributed by atoms with E-state index in [4.69, 9.17) is 10.5 Å². The third kappa shape index (κ3) is 2.20. The van der Waals surface area contributed by atoms with Gasteiger partial charge in [0.1, 0.15) is 5.52 Å². The van der Waals surface area contributed by atoms with Gasteiger partial charge >= 0.3 is 0 Å². The molecule has 4 heterocycles. The van der Waals surface area contributed by atoms with Crippen LogP contribution in [0.25, 0.3) is 11.2 Å². The maximum Gasteiger partial charge on any atom is 0.224 e. The van der Waals surface area contributed by atoms with Crippen LogP contribution in [0.5, 0.6) is 0 Å². The van der Waals surface area contributed by atoms with Gasteiger partial charge in [-0.15, -0.1) is 0 Å². The van der Waals surface area contributed by atoms with E-state index < -0.39 is 0 Å². The highest BCUT2D eigenvalue weighted by atomic mass is 16.5. The number of imidazole rings is 1. The minimum atomic E-state index is 0.262. The lowest BCUT2D eigenvalue weighted by Crippen LogP contribution is -2.43. The van der Waals surface area contributed by atoms with Crippen LogP contribution in [0.3, 0.4) is 0 Å². The van der Waals surface area contributed by atoms with E-state index in [2.05, 4.69) is 36.8 Å². The second-order valence-corrected chi connectivity index (χ2v) is 5.94. The second-order valence-electron chi connectivity index (χ2n) is 5.94. The largest absolute Gasteiger partial charge is 0.379 e. The molecule has 0 aromatic carbocycles. The zero-order valence-corrected chi connectivity index (χ0v) is 12.0. The molecule has 2 atom stereocenters. The van der Waals surface area contributed by atoms with Crippen molar-refractivity contribution in [1.29, 1.82) is 0 Å². The van der Waals surface area contributed by atoms with Crippen molar-refractivity contribution in [1.82, 2.24) is 24.8 Å². The number of hydrogen-bond acceptors (Lipinski definition) is 7. The van der Waals surface area contributed by atoms with Crippen molar-refractivity contribution in [2.75, 3.05) is 50.5 Å². The van der Waals surface area contributed by atoms with Gasteiger partial charge in [0.05, 0.1) is 25.6 Å². The number of nitrogens with one attached hydrogen (secondary N) is 1. The summed E-state index contributed by atoms with van der Waals surface area (Å²) in [5.74, 6) is 1.57. The molecular weight excluding hydrogens is 270 g/mol. The predicted octanol–water partition coefficient (Wildman–Crippen LogP) is -0.298. The van der Waals surface area contributed by atoms with Gasteiger partial charge in [0.25, 0.3) is 0 Å². The Labute approximate surface area is 122 Å². The minimum Gasteiger partial charge on any atom is -0.379 e. The molecule has 0 aliphatic carbocycles. The van der Waals surface area contributed by atoms with E-state index in [0.29, 0.717) is 18.2 Å². The minimum absolute atomic E-state index is 0.262. The first-order valence-electron chi connectivity index (χ1n) is 7.20. The monoisotopic (exact) mass is 289 g/mol. The van der Waals surface area contributed by atoms with Crippen molar-refractivity contribution in [2.24, 2.45) is 5.92 Å². The highest BCUT2D eigenvalue weighted by Crippen LogP contribution is 2.28. The van der Waals surface area contributed by atoms with E-state index in [1.165, 1.54) is 0 Å². The molecule has 2 saturated heterocycles. The van der Waals surface area contributed by atoms with E-state index in [-0.39, 0.29) is 12.0 Å². The standard InChI is InChI=1S/C13H19N7O/c1-19-2-8-3-20(9(4-19)6-21-5-8)12-10-11(16-7-15-10)17-13(14)18-12/h7-9H,2-6H2,1H3,(H3,14,15,16,17,18)/t8-,9-/m0/s1. The van der Waals surface area contributed by atoms with Crippen molar-refractivity contribution in [2.45, 2.75) is 6.04 Å². The predicted molar refractivity (Wildman–Crippen MR) is 79.0 cm³/mol. The summed E-state index contributed by atoms with van der Waals surface area (Å²) in [6, 6.07) is 0.267. The smallest absolute Gasteiger partial charge is 0.224 e.